The highest BCUT2D eigenvalue weighted by molar-refractivity contribution is 7.90. The zero-order valence-corrected chi connectivity index (χ0v) is 16.9. The van der Waals surface area contributed by atoms with Crippen LogP contribution in [0.3, 0.4) is 0 Å². The van der Waals surface area contributed by atoms with E-state index in [1.165, 1.54) is 12.2 Å². The maximum absolute atomic E-state index is 13.0. The van der Waals surface area contributed by atoms with Gasteiger partial charge in [0, 0.05) is 29.6 Å². The summed E-state index contributed by atoms with van der Waals surface area (Å²) in [7, 11) is -3.01. The first-order chi connectivity index (χ1) is 13.0. The van der Waals surface area contributed by atoms with Gasteiger partial charge >= 0.3 is 12.4 Å². The predicted octanol–water partition coefficient (Wildman–Crippen LogP) is 4.38. The Morgan fingerprint density at radius 3 is 2.10 bits per heavy atom. The summed E-state index contributed by atoms with van der Waals surface area (Å²) in [5.74, 6) is 0. The molecule has 2 atom stereocenters. The van der Waals surface area contributed by atoms with Gasteiger partial charge in [0.2, 0.25) is 10.0 Å². The lowest BCUT2D eigenvalue weighted by atomic mass is 9.87. The van der Waals surface area contributed by atoms with Crippen molar-refractivity contribution in [2.75, 3.05) is 7.05 Å². The number of allylic oxidation sites excluding steroid dienone is 3. The van der Waals surface area contributed by atoms with Crippen LogP contribution in [0, 0.1) is 0 Å². The molecule has 0 aromatic heterocycles. The second-order valence-corrected chi connectivity index (χ2v) is 9.54. The summed E-state index contributed by atoms with van der Waals surface area (Å²) in [6.45, 7) is 0. The molecule has 0 bridgehead atoms. The molecular formula is C16H15Cl2F6NO3S. The van der Waals surface area contributed by atoms with E-state index in [0.717, 1.165) is 17.4 Å². The molecule has 0 fully saturated rings. The number of hydrogen-bond acceptors (Lipinski definition) is 3. The summed E-state index contributed by atoms with van der Waals surface area (Å²) < 4.78 is 104. The van der Waals surface area contributed by atoms with Gasteiger partial charge in [-0.15, -0.1) is 0 Å². The highest BCUT2D eigenvalue weighted by Crippen LogP contribution is 2.48. The van der Waals surface area contributed by atoms with Crippen molar-refractivity contribution < 1.29 is 39.9 Å². The van der Waals surface area contributed by atoms with Gasteiger partial charge in [0.1, 0.15) is 5.25 Å². The molecule has 0 amide bonds. The maximum atomic E-state index is 13.0. The molecular weight excluding hydrogens is 471 g/mol. The third-order valence-electron chi connectivity index (χ3n) is 4.65. The Morgan fingerprint density at radius 1 is 1.10 bits per heavy atom. The average Bonchev–Trinajstić information content (AvgIpc) is 2.60. The van der Waals surface area contributed by atoms with Gasteiger partial charge < -0.3 is 5.11 Å². The molecule has 2 aliphatic rings. The van der Waals surface area contributed by atoms with E-state index in [4.69, 9.17) is 23.2 Å². The molecule has 13 heteroatoms. The summed E-state index contributed by atoms with van der Waals surface area (Å²) in [6.07, 6.45) is -8.17. The average molecular weight is 486 g/mol. The minimum absolute atomic E-state index is 0.0270. The molecule has 0 saturated heterocycles. The molecule has 2 rings (SSSR count). The molecule has 0 radical (unpaired) electrons. The van der Waals surface area contributed by atoms with Crippen LogP contribution in [0.25, 0.3) is 0 Å². The first-order valence-corrected chi connectivity index (χ1v) is 10.2. The molecule has 29 heavy (non-hydrogen) atoms. The molecule has 2 unspecified atom stereocenters. The molecule has 4 nitrogen and oxygen atoms in total. The lowest BCUT2D eigenvalue weighted by Crippen LogP contribution is -2.58. The topological polar surface area (TPSA) is 57.6 Å². The van der Waals surface area contributed by atoms with E-state index in [0.29, 0.717) is 12.2 Å². The Hall–Kier alpha value is -1.01. The van der Waals surface area contributed by atoms with Crippen LogP contribution in [0.5, 0.6) is 0 Å². The van der Waals surface area contributed by atoms with Crippen molar-refractivity contribution in [3.05, 3.63) is 46.0 Å². The van der Waals surface area contributed by atoms with Crippen LogP contribution in [-0.4, -0.2) is 54.1 Å². The summed E-state index contributed by atoms with van der Waals surface area (Å²) in [4.78, 5) is 0. The third kappa shape index (κ3) is 4.39. The highest BCUT2D eigenvalue weighted by atomic mass is 35.5. The van der Waals surface area contributed by atoms with Crippen molar-refractivity contribution in [2.24, 2.45) is 0 Å². The largest absolute Gasteiger partial charge is 0.430 e. The first-order valence-electron chi connectivity index (χ1n) is 7.96. The maximum Gasteiger partial charge on any atom is 0.430 e. The van der Waals surface area contributed by atoms with E-state index in [1.54, 1.807) is 0 Å². The van der Waals surface area contributed by atoms with E-state index in [-0.39, 0.29) is 16.5 Å². The number of nitrogens with zero attached hydrogens (tertiary/aromatic N) is 1. The minimum atomic E-state index is -6.02. The van der Waals surface area contributed by atoms with Crippen LogP contribution in [-0.2, 0) is 10.0 Å². The molecule has 164 valence electrons. The Balaban J connectivity index is 2.28. The molecule has 0 spiro atoms. The summed E-state index contributed by atoms with van der Waals surface area (Å²) in [6, 6.07) is -1.08. The van der Waals surface area contributed by atoms with E-state index in [2.05, 4.69) is 0 Å². The molecule has 0 aromatic rings. The van der Waals surface area contributed by atoms with Crippen LogP contribution < -0.4 is 0 Å². The van der Waals surface area contributed by atoms with E-state index in [9.17, 15) is 39.9 Å². The van der Waals surface area contributed by atoms with Crippen LogP contribution >= 0.6 is 23.2 Å². The smallest absolute Gasteiger partial charge is 0.370 e. The van der Waals surface area contributed by atoms with Crippen LogP contribution in [0.15, 0.2) is 46.0 Å². The van der Waals surface area contributed by atoms with Crippen molar-refractivity contribution in [3.8, 4) is 0 Å². The Bertz CT molecular complexity index is 875. The number of aliphatic hydroxyl groups is 1. The summed E-state index contributed by atoms with van der Waals surface area (Å²) in [5, 5.41) is 8.38. The molecule has 2 aliphatic carbocycles. The highest BCUT2D eigenvalue weighted by Gasteiger charge is 2.72. The van der Waals surface area contributed by atoms with Gasteiger partial charge in [-0.3, -0.25) is 0 Å². The van der Waals surface area contributed by atoms with Gasteiger partial charge in [-0.1, -0.05) is 41.4 Å². The number of halogens is 8. The van der Waals surface area contributed by atoms with Crippen molar-refractivity contribution >= 4 is 33.2 Å². The normalized spacial score (nSPS) is 24.3. The quantitative estimate of drug-likeness (QED) is 0.601. The fraction of sp³-hybridized carbons (Fsp3) is 0.500. The van der Waals surface area contributed by atoms with Crippen molar-refractivity contribution in [3.63, 3.8) is 0 Å². The second kappa shape index (κ2) is 7.92. The number of likely N-dealkylation sites (N-methyl/N-ethyl adjacent to an activating group) is 1. The molecule has 1 N–H and O–H groups in total. The minimum Gasteiger partial charge on any atom is -0.370 e. The van der Waals surface area contributed by atoms with Crippen molar-refractivity contribution in [1.29, 1.82) is 0 Å². The van der Waals surface area contributed by atoms with Gasteiger partial charge in [-0.25, -0.2) is 8.42 Å². The molecule has 0 heterocycles. The van der Waals surface area contributed by atoms with Crippen LogP contribution in [0.4, 0.5) is 26.3 Å². The standard InChI is InChI=1S/C16H15Cl2F6NO3S/c1-25(29(27,28)13-8-10(17)4-7-12(13)18)11-5-2-9(3-6-11)14(26,15(19,20)21)16(22,23)24/h2-5,7,11,13,26H,6,8H2,1H3. The Kier molecular flexibility index (Phi) is 6.62. The zero-order chi connectivity index (χ0) is 22.4. The summed E-state index contributed by atoms with van der Waals surface area (Å²) in [5.41, 5.74) is -6.49. The molecule has 0 aliphatic heterocycles. The summed E-state index contributed by atoms with van der Waals surface area (Å²) >= 11 is 11.8. The lowest BCUT2D eigenvalue weighted by Gasteiger charge is -2.36. The predicted molar refractivity (Wildman–Crippen MR) is 95.6 cm³/mol. The second-order valence-electron chi connectivity index (χ2n) is 6.45. The van der Waals surface area contributed by atoms with Gasteiger partial charge in [0.15, 0.2) is 0 Å². The number of alkyl halides is 6. The first kappa shape index (κ1) is 24.3. The number of rotatable bonds is 4. The van der Waals surface area contributed by atoms with E-state index in [1.807, 2.05) is 0 Å². The van der Waals surface area contributed by atoms with E-state index < -0.39 is 51.3 Å². The SMILES string of the molecule is CN(C1C=CC(C(O)(C(F)(F)F)C(F)(F)F)=CC1)S(=O)(=O)C1CC(Cl)=CC=C1Cl. The third-order valence-corrected chi connectivity index (χ3v) is 7.67. The fourth-order valence-corrected chi connectivity index (χ4v) is 5.37. The lowest BCUT2D eigenvalue weighted by molar-refractivity contribution is -0.351. The number of hydrogen-bond donors (Lipinski definition) is 1. The molecule has 0 aromatic carbocycles. The van der Waals surface area contributed by atoms with Gasteiger partial charge in [-0.05, 0) is 24.1 Å². The number of sulfonamides is 1. The Morgan fingerprint density at radius 2 is 1.66 bits per heavy atom. The van der Waals surface area contributed by atoms with E-state index >= 15 is 0 Å². The van der Waals surface area contributed by atoms with Gasteiger partial charge in [0.25, 0.3) is 5.60 Å². The fourth-order valence-electron chi connectivity index (χ4n) is 2.89. The monoisotopic (exact) mass is 485 g/mol. The Labute approximate surface area is 172 Å². The van der Waals surface area contributed by atoms with Crippen LogP contribution in [0.1, 0.15) is 12.8 Å². The van der Waals surface area contributed by atoms with Gasteiger partial charge in [0.05, 0.1) is 0 Å². The van der Waals surface area contributed by atoms with Gasteiger partial charge in [-0.2, -0.15) is 30.6 Å². The van der Waals surface area contributed by atoms with Crippen molar-refractivity contribution in [1.82, 2.24) is 4.31 Å². The van der Waals surface area contributed by atoms with Crippen molar-refractivity contribution in [2.45, 2.75) is 42.1 Å². The molecule has 0 saturated carbocycles. The zero-order valence-electron chi connectivity index (χ0n) is 14.6. The van der Waals surface area contributed by atoms with Crippen LogP contribution in [0.2, 0.25) is 0 Å².